The predicted molar refractivity (Wildman–Crippen MR) is 58.9 cm³/mol. The van der Waals surface area contributed by atoms with Crippen LogP contribution in [0.1, 0.15) is 58.8 Å². The van der Waals surface area contributed by atoms with Crippen molar-refractivity contribution >= 4 is 0 Å². The maximum absolute atomic E-state index is 3.47. The summed E-state index contributed by atoms with van der Waals surface area (Å²) < 4.78 is 0. The molecule has 1 saturated carbocycles. The Labute approximate surface area is 83.3 Å². The summed E-state index contributed by atoms with van der Waals surface area (Å²) in [4.78, 5) is 0. The molecule has 0 spiro atoms. The molecule has 0 aliphatic heterocycles. The van der Waals surface area contributed by atoms with Crippen molar-refractivity contribution in [3.63, 3.8) is 0 Å². The third-order valence-electron chi connectivity index (χ3n) is 3.28. The highest BCUT2D eigenvalue weighted by molar-refractivity contribution is 4.68. The molecule has 0 saturated heterocycles. The van der Waals surface area contributed by atoms with E-state index in [4.69, 9.17) is 0 Å². The van der Waals surface area contributed by atoms with Crippen LogP contribution in [0.5, 0.6) is 0 Å². The normalized spacial score (nSPS) is 20.8. The molecule has 1 rings (SSSR count). The van der Waals surface area contributed by atoms with Gasteiger partial charge >= 0.3 is 0 Å². The zero-order chi connectivity index (χ0) is 9.52. The van der Waals surface area contributed by atoms with Gasteiger partial charge < -0.3 is 5.32 Å². The standard InChI is InChI=1S/C12H25N/c1-3-13-11(2)7-6-10-12-8-4-5-9-12/h11-13H,3-10H2,1-2H3. The molecule has 1 unspecified atom stereocenters. The molecule has 0 aromatic heterocycles. The van der Waals surface area contributed by atoms with Gasteiger partial charge in [0.1, 0.15) is 0 Å². The molecule has 1 nitrogen and oxygen atoms in total. The Balaban J connectivity index is 1.93. The van der Waals surface area contributed by atoms with Crippen LogP contribution in [-0.4, -0.2) is 12.6 Å². The second-order valence-electron chi connectivity index (χ2n) is 4.54. The van der Waals surface area contributed by atoms with Gasteiger partial charge in [-0.15, -0.1) is 0 Å². The van der Waals surface area contributed by atoms with Crippen molar-refractivity contribution in [3.8, 4) is 0 Å². The summed E-state index contributed by atoms with van der Waals surface area (Å²) in [5.41, 5.74) is 0. The molecule has 1 atom stereocenters. The lowest BCUT2D eigenvalue weighted by Gasteiger charge is -2.13. The Morgan fingerprint density at radius 2 is 2.00 bits per heavy atom. The van der Waals surface area contributed by atoms with Crippen LogP contribution < -0.4 is 5.32 Å². The van der Waals surface area contributed by atoms with Gasteiger partial charge in [0, 0.05) is 6.04 Å². The Bertz CT molecular complexity index is 116. The third-order valence-corrected chi connectivity index (χ3v) is 3.28. The molecule has 1 aliphatic rings. The highest BCUT2D eigenvalue weighted by Gasteiger charge is 2.14. The molecule has 1 aliphatic carbocycles. The van der Waals surface area contributed by atoms with E-state index in [1.165, 1.54) is 44.9 Å². The molecular formula is C12H25N. The smallest absolute Gasteiger partial charge is 0.00386 e. The van der Waals surface area contributed by atoms with Crippen molar-refractivity contribution in [2.24, 2.45) is 5.92 Å². The monoisotopic (exact) mass is 183 g/mol. The average Bonchev–Trinajstić information content (AvgIpc) is 2.57. The highest BCUT2D eigenvalue weighted by atomic mass is 14.9. The van der Waals surface area contributed by atoms with Crippen LogP contribution in [0.3, 0.4) is 0 Å². The highest BCUT2D eigenvalue weighted by Crippen LogP contribution is 2.28. The van der Waals surface area contributed by atoms with E-state index >= 15 is 0 Å². The van der Waals surface area contributed by atoms with Gasteiger partial charge in [-0.2, -0.15) is 0 Å². The first-order valence-electron chi connectivity index (χ1n) is 6.06. The maximum Gasteiger partial charge on any atom is 0.00386 e. The zero-order valence-electron chi connectivity index (χ0n) is 9.31. The number of hydrogen-bond acceptors (Lipinski definition) is 1. The third kappa shape index (κ3) is 4.66. The number of hydrogen-bond donors (Lipinski definition) is 1. The van der Waals surface area contributed by atoms with Crippen LogP contribution in [0.4, 0.5) is 0 Å². The van der Waals surface area contributed by atoms with Gasteiger partial charge in [-0.25, -0.2) is 0 Å². The average molecular weight is 183 g/mol. The molecule has 0 heterocycles. The van der Waals surface area contributed by atoms with Gasteiger partial charge in [0.2, 0.25) is 0 Å². The van der Waals surface area contributed by atoms with Crippen LogP contribution >= 0.6 is 0 Å². The first kappa shape index (κ1) is 11.0. The van der Waals surface area contributed by atoms with E-state index in [-0.39, 0.29) is 0 Å². The second-order valence-corrected chi connectivity index (χ2v) is 4.54. The number of nitrogens with one attached hydrogen (secondary N) is 1. The molecule has 78 valence electrons. The van der Waals surface area contributed by atoms with Gasteiger partial charge in [0.05, 0.1) is 0 Å². The van der Waals surface area contributed by atoms with Crippen LogP contribution in [0, 0.1) is 5.92 Å². The summed E-state index contributed by atoms with van der Waals surface area (Å²) in [5, 5.41) is 3.47. The lowest BCUT2D eigenvalue weighted by atomic mass is 9.99. The van der Waals surface area contributed by atoms with E-state index in [1.54, 1.807) is 0 Å². The minimum absolute atomic E-state index is 0.728. The summed E-state index contributed by atoms with van der Waals surface area (Å²) in [6.07, 6.45) is 10.3. The van der Waals surface area contributed by atoms with Gasteiger partial charge in [-0.1, -0.05) is 45.4 Å². The van der Waals surface area contributed by atoms with Crippen molar-refractivity contribution in [1.82, 2.24) is 5.32 Å². The topological polar surface area (TPSA) is 12.0 Å². The van der Waals surface area contributed by atoms with Crippen molar-refractivity contribution < 1.29 is 0 Å². The lowest BCUT2D eigenvalue weighted by molar-refractivity contribution is 0.434. The van der Waals surface area contributed by atoms with Crippen LogP contribution in [-0.2, 0) is 0 Å². The van der Waals surface area contributed by atoms with Crippen molar-refractivity contribution in [3.05, 3.63) is 0 Å². The Morgan fingerprint density at radius 1 is 1.31 bits per heavy atom. The molecule has 1 heteroatoms. The fourth-order valence-electron chi connectivity index (χ4n) is 2.46. The Kier molecular flexibility index (Phi) is 5.45. The van der Waals surface area contributed by atoms with E-state index in [1.807, 2.05) is 0 Å². The minimum Gasteiger partial charge on any atom is -0.315 e. The maximum atomic E-state index is 3.47. The largest absolute Gasteiger partial charge is 0.315 e. The first-order chi connectivity index (χ1) is 6.33. The molecule has 0 aromatic rings. The summed E-state index contributed by atoms with van der Waals surface area (Å²) in [6, 6.07) is 0.728. The minimum atomic E-state index is 0.728. The zero-order valence-corrected chi connectivity index (χ0v) is 9.31. The van der Waals surface area contributed by atoms with Crippen LogP contribution in [0.25, 0.3) is 0 Å². The SMILES string of the molecule is CCNC(C)CCCC1CCCC1. The van der Waals surface area contributed by atoms with E-state index in [9.17, 15) is 0 Å². The number of rotatable bonds is 6. The fourth-order valence-corrected chi connectivity index (χ4v) is 2.46. The van der Waals surface area contributed by atoms with Crippen molar-refractivity contribution in [1.29, 1.82) is 0 Å². The Hall–Kier alpha value is -0.0400. The molecular weight excluding hydrogens is 158 g/mol. The lowest BCUT2D eigenvalue weighted by Crippen LogP contribution is -2.25. The van der Waals surface area contributed by atoms with E-state index in [0.29, 0.717) is 0 Å². The van der Waals surface area contributed by atoms with E-state index in [0.717, 1.165) is 18.5 Å². The van der Waals surface area contributed by atoms with Gasteiger partial charge in [0.25, 0.3) is 0 Å². The fraction of sp³-hybridized carbons (Fsp3) is 1.00. The van der Waals surface area contributed by atoms with Crippen molar-refractivity contribution in [2.45, 2.75) is 64.8 Å². The van der Waals surface area contributed by atoms with E-state index in [2.05, 4.69) is 19.2 Å². The predicted octanol–water partition coefficient (Wildman–Crippen LogP) is 3.34. The molecule has 0 radical (unpaired) electrons. The molecule has 1 N–H and O–H groups in total. The Morgan fingerprint density at radius 3 is 2.62 bits per heavy atom. The first-order valence-corrected chi connectivity index (χ1v) is 6.06. The molecule has 1 fully saturated rings. The summed E-state index contributed by atoms with van der Waals surface area (Å²) in [6.45, 7) is 5.61. The van der Waals surface area contributed by atoms with Gasteiger partial charge in [-0.3, -0.25) is 0 Å². The molecule has 0 aromatic carbocycles. The molecule has 0 amide bonds. The van der Waals surface area contributed by atoms with Gasteiger partial charge in [0.15, 0.2) is 0 Å². The summed E-state index contributed by atoms with van der Waals surface area (Å²) in [7, 11) is 0. The van der Waals surface area contributed by atoms with Crippen molar-refractivity contribution in [2.75, 3.05) is 6.54 Å². The van der Waals surface area contributed by atoms with E-state index < -0.39 is 0 Å². The molecule has 0 bridgehead atoms. The quantitative estimate of drug-likeness (QED) is 0.666. The van der Waals surface area contributed by atoms with Gasteiger partial charge in [-0.05, 0) is 25.8 Å². The molecule has 13 heavy (non-hydrogen) atoms. The summed E-state index contributed by atoms with van der Waals surface area (Å²) >= 11 is 0. The summed E-state index contributed by atoms with van der Waals surface area (Å²) in [5.74, 6) is 1.08. The van der Waals surface area contributed by atoms with Crippen LogP contribution in [0.2, 0.25) is 0 Å². The second kappa shape index (κ2) is 6.42. The van der Waals surface area contributed by atoms with Crippen LogP contribution in [0.15, 0.2) is 0 Å².